The Balaban J connectivity index is 1.83. The van der Waals surface area contributed by atoms with Gasteiger partial charge >= 0.3 is 0 Å². The predicted molar refractivity (Wildman–Crippen MR) is 79.9 cm³/mol. The van der Waals surface area contributed by atoms with Crippen LogP contribution in [0.5, 0.6) is 5.75 Å². The van der Waals surface area contributed by atoms with Crippen LogP contribution >= 0.6 is 0 Å². The highest BCUT2D eigenvalue weighted by molar-refractivity contribution is 5.63. The first kappa shape index (κ1) is 16.7. The van der Waals surface area contributed by atoms with Crippen LogP contribution in [0.2, 0.25) is 0 Å². The van der Waals surface area contributed by atoms with Gasteiger partial charge in [0, 0.05) is 6.20 Å². The fourth-order valence-electron chi connectivity index (χ4n) is 2.46. The fraction of sp³-hybridized carbons (Fsp3) is 0.353. The van der Waals surface area contributed by atoms with Crippen molar-refractivity contribution in [1.29, 1.82) is 0 Å². The lowest BCUT2D eigenvalue weighted by molar-refractivity contribution is -0.141. The standard InChI is InChI=1S/C17H16F3NO3/c1-17(2)23-9-10(24-17)8-22-13-6-5-11(18)14(15(13)20)16-12(19)4-3-7-21-16/h3-7,10H,8-9H2,1-2H3/t10-/m1/s1. The van der Waals surface area contributed by atoms with Gasteiger partial charge in [0.15, 0.2) is 17.4 Å². The Hall–Kier alpha value is -2.12. The van der Waals surface area contributed by atoms with E-state index in [2.05, 4.69) is 4.98 Å². The maximum Gasteiger partial charge on any atom is 0.177 e. The molecule has 3 rings (SSSR count). The summed E-state index contributed by atoms with van der Waals surface area (Å²) in [5.74, 6) is -3.67. The first-order valence-corrected chi connectivity index (χ1v) is 7.41. The molecule has 7 heteroatoms. The smallest absolute Gasteiger partial charge is 0.177 e. The quantitative estimate of drug-likeness (QED) is 0.852. The molecule has 1 saturated heterocycles. The number of halogens is 3. The lowest BCUT2D eigenvalue weighted by Gasteiger charge is -2.17. The summed E-state index contributed by atoms with van der Waals surface area (Å²) < 4.78 is 58.7. The van der Waals surface area contributed by atoms with E-state index in [0.29, 0.717) is 6.61 Å². The SMILES string of the molecule is CC1(C)OC[C@@H](COc2ccc(F)c(-c3ncccc3F)c2F)O1. The van der Waals surface area contributed by atoms with E-state index in [9.17, 15) is 13.2 Å². The van der Waals surface area contributed by atoms with Gasteiger partial charge in [0.2, 0.25) is 0 Å². The Morgan fingerprint density at radius 2 is 2.00 bits per heavy atom. The highest BCUT2D eigenvalue weighted by atomic mass is 19.1. The van der Waals surface area contributed by atoms with E-state index in [4.69, 9.17) is 14.2 Å². The van der Waals surface area contributed by atoms with Crippen molar-refractivity contribution in [3.63, 3.8) is 0 Å². The lowest BCUT2D eigenvalue weighted by Crippen LogP contribution is -2.25. The minimum Gasteiger partial charge on any atom is -0.488 e. The summed E-state index contributed by atoms with van der Waals surface area (Å²) in [4.78, 5) is 3.71. The van der Waals surface area contributed by atoms with Crippen molar-refractivity contribution in [2.75, 3.05) is 13.2 Å². The molecule has 4 nitrogen and oxygen atoms in total. The predicted octanol–water partition coefficient (Wildman–Crippen LogP) is 3.70. The zero-order valence-corrected chi connectivity index (χ0v) is 13.2. The van der Waals surface area contributed by atoms with E-state index in [1.54, 1.807) is 13.8 Å². The van der Waals surface area contributed by atoms with Crippen LogP contribution in [-0.4, -0.2) is 30.1 Å². The Labute approximate surface area is 137 Å². The summed E-state index contributed by atoms with van der Waals surface area (Å²) in [6.07, 6.45) is 0.885. The van der Waals surface area contributed by atoms with Gasteiger partial charge in [-0.15, -0.1) is 0 Å². The number of nitrogens with zero attached hydrogens (tertiary/aromatic N) is 1. The highest BCUT2D eigenvalue weighted by Gasteiger charge is 2.33. The second kappa shape index (κ2) is 6.41. The summed E-state index contributed by atoms with van der Waals surface area (Å²) in [5, 5.41) is 0. The number of benzene rings is 1. The zero-order valence-electron chi connectivity index (χ0n) is 13.2. The van der Waals surface area contributed by atoms with Crippen LogP contribution in [0.15, 0.2) is 30.5 Å². The normalized spacial score (nSPS) is 19.5. The van der Waals surface area contributed by atoms with Crippen LogP contribution in [0, 0.1) is 17.5 Å². The van der Waals surface area contributed by atoms with Gasteiger partial charge in [0.05, 0.1) is 12.2 Å². The first-order chi connectivity index (χ1) is 11.4. The largest absolute Gasteiger partial charge is 0.488 e. The Kier molecular flexibility index (Phi) is 4.47. The highest BCUT2D eigenvalue weighted by Crippen LogP contribution is 2.32. The molecule has 0 unspecified atom stereocenters. The lowest BCUT2D eigenvalue weighted by atomic mass is 10.1. The molecule has 1 atom stereocenters. The Morgan fingerprint density at radius 1 is 1.21 bits per heavy atom. The zero-order chi connectivity index (χ0) is 17.3. The number of rotatable bonds is 4. The molecule has 0 saturated carbocycles. The number of hydrogen-bond donors (Lipinski definition) is 0. The van der Waals surface area contributed by atoms with Gasteiger partial charge in [-0.2, -0.15) is 0 Å². The van der Waals surface area contributed by atoms with Gasteiger partial charge in [0.1, 0.15) is 30.0 Å². The molecule has 24 heavy (non-hydrogen) atoms. The van der Waals surface area contributed by atoms with E-state index in [1.807, 2.05) is 0 Å². The number of aromatic nitrogens is 1. The molecule has 128 valence electrons. The molecule has 0 aliphatic carbocycles. The molecule has 2 heterocycles. The van der Waals surface area contributed by atoms with E-state index in [1.165, 1.54) is 12.3 Å². The second-order valence-electron chi connectivity index (χ2n) is 5.83. The third kappa shape index (κ3) is 3.37. The molecule has 1 aliphatic heterocycles. The molecule has 1 aromatic carbocycles. The van der Waals surface area contributed by atoms with Gasteiger partial charge in [-0.1, -0.05) is 0 Å². The summed E-state index contributed by atoms with van der Waals surface area (Å²) in [5.41, 5.74) is -0.964. The third-order valence-corrected chi connectivity index (χ3v) is 3.54. The third-order valence-electron chi connectivity index (χ3n) is 3.54. The van der Waals surface area contributed by atoms with Crippen molar-refractivity contribution in [3.8, 4) is 17.0 Å². The summed E-state index contributed by atoms with van der Waals surface area (Å²) in [6, 6.07) is 4.59. The number of ether oxygens (including phenoxy) is 3. The van der Waals surface area contributed by atoms with E-state index < -0.39 is 34.5 Å². The Morgan fingerprint density at radius 3 is 2.67 bits per heavy atom. The minimum absolute atomic E-state index is 0.0239. The van der Waals surface area contributed by atoms with Gasteiger partial charge in [-0.3, -0.25) is 4.98 Å². The van der Waals surface area contributed by atoms with Crippen molar-refractivity contribution in [1.82, 2.24) is 4.98 Å². The van der Waals surface area contributed by atoms with Crippen molar-refractivity contribution < 1.29 is 27.4 Å². The van der Waals surface area contributed by atoms with Crippen molar-refractivity contribution in [3.05, 3.63) is 47.9 Å². The van der Waals surface area contributed by atoms with Crippen LogP contribution in [-0.2, 0) is 9.47 Å². The molecular formula is C17H16F3NO3. The molecule has 1 fully saturated rings. The van der Waals surface area contributed by atoms with Crippen LogP contribution < -0.4 is 4.74 Å². The van der Waals surface area contributed by atoms with Crippen LogP contribution in [0.25, 0.3) is 11.3 Å². The molecule has 0 spiro atoms. The van der Waals surface area contributed by atoms with Crippen LogP contribution in [0.3, 0.4) is 0 Å². The van der Waals surface area contributed by atoms with Crippen molar-refractivity contribution >= 4 is 0 Å². The Bertz CT molecular complexity index is 752. The van der Waals surface area contributed by atoms with Gasteiger partial charge in [-0.25, -0.2) is 13.2 Å². The van der Waals surface area contributed by atoms with Gasteiger partial charge in [0.25, 0.3) is 0 Å². The summed E-state index contributed by atoms with van der Waals surface area (Å²) >= 11 is 0. The molecule has 0 bridgehead atoms. The molecule has 0 N–H and O–H groups in total. The minimum atomic E-state index is -1.01. The van der Waals surface area contributed by atoms with E-state index in [0.717, 1.165) is 18.2 Å². The second-order valence-corrected chi connectivity index (χ2v) is 5.83. The summed E-state index contributed by atoms with van der Waals surface area (Å²) in [6.45, 7) is 3.84. The van der Waals surface area contributed by atoms with Crippen LogP contribution in [0.4, 0.5) is 13.2 Å². The molecule has 1 aliphatic rings. The van der Waals surface area contributed by atoms with Gasteiger partial charge in [-0.05, 0) is 38.1 Å². The number of hydrogen-bond acceptors (Lipinski definition) is 4. The fourth-order valence-corrected chi connectivity index (χ4v) is 2.46. The van der Waals surface area contributed by atoms with Crippen LogP contribution in [0.1, 0.15) is 13.8 Å². The van der Waals surface area contributed by atoms with Gasteiger partial charge < -0.3 is 14.2 Å². The van der Waals surface area contributed by atoms with E-state index >= 15 is 0 Å². The summed E-state index contributed by atoms with van der Waals surface area (Å²) in [7, 11) is 0. The topological polar surface area (TPSA) is 40.6 Å². The molecule has 0 amide bonds. The maximum atomic E-state index is 14.6. The number of pyridine rings is 1. The monoisotopic (exact) mass is 339 g/mol. The van der Waals surface area contributed by atoms with E-state index in [-0.39, 0.29) is 18.5 Å². The first-order valence-electron chi connectivity index (χ1n) is 7.41. The molecule has 0 radical (unpaired) electrons. The van der Waals surface area contributed by atoms with Crippen molar-refractivity contribution in [2.45, 2.75) is 25.7 Å². The molecular weight excluding hydrogens is 323 g/mol. The molecule has 1 aromatic heterocycles. The average molecular weight is 339 g/mol. The maximum absolute atomic E-state index is 14.6. The molecule has 2 aromatic rings. The van der Waals surface area contributed by atoms with Crippen molar-refractivity contribution in [2.24, 2.45) is 0 Å². The average Bonchev–Trinajstić information content (AvgIpc) is 2.88.